The number of rotatable bonds is 15. The Morgan fingerprint density at radius 2 is 1.65 bits per heavy atom. The Hall–Kier alpha value is -4.16. The summed E-state index contributed by atoms with van der Waals surface area (Å²) in [6.45, 7) is 9.74. The molecule has 2 aromatic carbocycles. The first-order valence-electron chi connectivity index (χ1n) is 16.4. The van der Waals surface area contributed by atoms with E-state index in [0.29, 0.717) is 22.6 Å². The van der Waals surface area contributed by atoms with Gasteiger partial charge in [-0.1, -0.05) is 41.5 Å². The molecule has 266 valence electrons. The predicted molar refractivity (Wildman–Crippen MR) is 182 cm³/mol. The maximum atomic E-state index is 13.0. The molecule has 3 N–H and O–H groups in total. The molecule has 0 bridgehead atoms. The lowest BCUT2D eigenvalue weighted by Crippen LogP contribution is -2.60. The maximum Gasteiger partial charge on any atom is 0.309 e. The summed E-state index contributed by atoms with van der Waals surface area (Å²) in [5.41, 5.74) is 4.35. The molecule has 2 heterocycles. The molecule has 4 rings (SSSR count). The first-order valence-corrected chi connectivity index (χ1v) is 16.4. The number of esters is 1. The first kappa shape index (κ1) is 37.7. The van der Waals surface area contributed by atoms with E-state index in [1.54, 1.807) is 24.3 Å². The number of carbonyl (C=O) groups excluding carboxylic acids is 2. The van der Waals surface area contributed by atoms with Gasteiger partial charge in [0.15, 0.2) is 17.3 Å². The molecule has 0 spiro atoms. The molecule has 1 saturated heterocycles. The minimum Gasteiger partial charge on any atom is -0.493 e. The van der Waals surface area contributed by atoms with Crippen molar-refractivity contribution in [2.75, 3.05) is 20.8 Å². The zero-order valence-electron chi connectivity index (χ0n) is 28.8. The van der Waals surface area contributed by atoms with Crippen LogP contribution in [0.1, 0.15) is 81.3 Å². The Morgan fingerprint density at radius 3 is 2.35 bits per heavy atom. The highest BCUT2D eigenvalue weighted by molar-refractivity contribution is 6.00. The third-order valence-electron chi connectivity index (χ3n) is 8.47. The zero-order chi connectivity index (χ0) is 35.7. The van der Waals surface area contributed by atoms with E-state index in [4.69, 9.17) is 28.4 Å². The normalized spacial score (nSPS) is 23.5. The predicted octanol–water partition coefficient (Wildman–Crippen LogP) is 5.56. The number of benzene rings is 2. The van der Waals surface area contributed by atoms with Gasteiger partial charge in [-0.15, -0.1) is 0 Å². The SMILES string of the molecule is C=C(CCC=C(C)C)CC/C=C(\C)CC(=O)OC[C@H]1O[C@@H](Oc2ccc3c(c2)O[C@@H](c2ccc(OC)c(OC)c2)CC3=O)[C@H](O)[C@@H](O)[C@@H]1O. The second-order valence-electron chi connectivity index (χ2n) is 12.7. The Kier molecular flexibility index (Phi) is 13.4. The highest BCUT2D eigenvalue weighted by Crippen LogP contribution is 2.40. The van der Waals surface area contributed by atoms with Gasteiger partial charge in [-0.25, -0.2) is 0 Å². The van der Waals surface area contributed by atoms with Gasteiger partial charge in [0.1, 0.15) is 48.6 Å². The molecule has 49 heavy (non-hydrogen) atoms. The summed E-state index contributed by atoms with van der Waals surface area (Å²) in [7, 11) is 3.06. The molecule has 2 aliphatic rings. The number of hydrogen-bond donors (Lipinski definition) is 3. The monoisotopic (exact) mass is 680 g/mol. The van der Waals surface area contributed by atoms with E-state index in [1.807, 2.05) is 13.0 Å². The summed E-state index contributed by atoms with van der Waals surface area (Å²) in [5.74, 6) is 0.836. The van der Waals surface area contributed by atoms with E-state index in [1.165, 1.54) is 31.9 Å². The van der Waals surface area contributed by atoms with Crippen molar-refractivity contribution in [2.24, 2.45) is 0 Å². The van der Waals surface area contributed by atoms with Crippen molar-refractivity contribution < 1.29 is 53.3 Å². The molecule has 0 aliphatic carbocycles. The molecule has 1 fully saturated rings. The quantitative estimate of drug-likeness (QED) is 0.160. The molecular formula is C38H48O11. The lowest BCUT2D eigenvalue weighted by Gasteiger charge is -2.40. The highest BCUT2D eigenvalue weighted by atomic mass is 16.7. The molecule has 0 radical (unpaired) electrons. The van der Waals surface area contributed by atoms with Gasteiger partial charge in [-0.2, -0.15) is 0 Å². The van der Waals surface area contributed by atoms with Crippen LogP contribution in [0.5, 0.6) is 23.0 Å². The summed E-state index contributed by atoms with van der Waals surface area (Å²) < 4.78 is 33.9. The van der Waals surface area contributed by atoms with Crippen LogP contribution in [0.2, 0.25) is 0 Å². The first-order chi connectivity index (χ1) is 23.4. The smallest absolute Gasteiger partial charge is 0.309 e. The average Bonchev–Trinajstić information content (AvgIpc) is 3.07. The summed E-state index contributed by atoms with van der Waals surface area (Å²) in [6.07, 6.45) is -0.181. The van der Waals surface area contributed by atoms with Crippen molar-refractivity contribution in [1.29, 1.82) is 0 Å². The van der Waals surface area contributed by atoms with Gasteiger partial charge in [0.2, 0.25) is 6.29 Å². The third kappa shape index (κ3) is 10.2. The van der Waals surface area contributed by atoms with Gasteiger partial charge in [0, 0.05) is 6.07 Å². The van der Waals surface area contributed by atoms with Crippen molar-refractivity contribution in [2.45, 2.75) is 96.1 Å². The molecule has 0 unspecified atom stereocenters. The molecule has 0 saturated carbocycles. The topological polar surface area (TPSA) is 150 Å². The van der Waals surface area contributed by atoms with Gasteiger partial charge < -0.3 is 43.7 Å². The lowest BCUT2D eigenvalue weighted by atomic mass is 9.96. The van der Waals surface area contributed by atoms with Crippen LogP contribution < -0.4 is 18.9 Å². The van der Waals surface area contributed by atoms with Crippen LogP contribution in [0, 0.1) is 0 Å². The van der Waals surface area contributed by atoms with Crippen LogP contribution in [0.4, 0.5) is 0 Å². The number of fused-ring (bicyclic) bond motifs is 1. The van der Waals surface area contributed by atoms with Gasteiger partial charge in [-0.3, -0.25) is 9.59 Å². The van der Waals surface area contributed by atoms with Gasteiger partial charge in [0.05, 0.1) is 32.6 Å². The van der Waals surface area contributed by atoms with Crippen LogP contribution in [0.25, 0.3) is 0 Å². The van der Waals surface area contributed by atoms with Crippen molar-refractivity contribution >= 4 is 11.8 Å². The van der Waals surface area contributed by atoms with Gasteiger partial charge >= 0.3 is 5.97 Å². The number of aliphatic hydroxyl groups is 3. The fourth-order valence-corrected chi connectivity index (χ4v) is 5.64. The number of ether oxygens (including phenoxy) is 6. The van der Waals surface area contributed by atoms with E-state index in [-0.39, 0.29) is 36.7 Å². The van der Waals surface area contributed by atoms with Gasteiger partial charge in [-0.05, 0) is 76.3 Å². The van der Waals surface area contributed by atoms with E-state index in [9.17, 15) is 24.9 Å². The third-order valence-corrected chi connectivity index (χ3v) is 8.47. The Morgan fingerprint density at radius 1 is 0.939 bits per heavy atom. The van der Waals surface area contributed by atoms with E-state index >= 15 is 0 Å². The summed E-state index contributed by atoms with van der Waals surface area (Å²) in [6, 6.07) is 9.84. The second kappa shape index (κ2) is 17.5. The minimum absolute atomic E-state index is 0.0519. The number of ketones is 1. The molecule has 0 aromatic heterocycles. The number of carbonyl (C=O) groups is 2. The summed E-state index contributed by atoms with van der Waals surface area (Å²) in [5, 5.41) is 31.8. The Labute approximate surface area is 287 Å². The summed E-state index contributed by atoms with van der Waals surface area (Å²) in [4.78, 5) is 25.6. The molecule has 11 heteroatoms. The fraction of sp³-hybridized carbons (Fsp3) is 0.474. The number of hydrogen-bond acceptors (Lipinski definition) is 11. The van der Waals surface area contributed by atoms with Crippen LogP contribution in [-0.2, 0) is 14.3 Å². The van der Waals surface area contributed by atoms with Crippen LogP contribution in [-0.4, -0.2) is 78.6 Å². The molecule has 6 atom stereocenters. The molecule has 2 aromatic rings. The van der Waals surface area contributed by atoms with Gasteiger partial charge in [0.25, 0.3) is 0 Å². The average molecular weight is 681 g/mol. The van der Waals surface area contributed by atoms with Crippen molar-refractivity contribution in [1.82, 2.24) is 0 Å². The second-order valence-corrected chi connectivity index (χ2v) is 12.7. The zero-order valence-corrected chi connectivity index (χ0v) is 28.8. The molecule has 0 amide bonds. The molecule has 11 nitrogen and oxygen atoms in total. The number of allylic oxidation sites excluding steroid dienone is 4. The highest BCUT2D eigenvalue weighted by Gasteiger charge is 2.45. The summed E-state index contributed by atoms with van der Waals surface area (Å²) >= 11 is 0. The number of aliphatic hydroxyl groups excluding tert-OH is 3. The van der Waals surface area contributed by atoms with Crippen molar-refractivity contribution in [3.63, 3.8) is 0 Å². The van der Waals surface area contributed by atoms with E-state index < -0.39 is 42.8 Å². The van der Waals surface area contributed by atoms with Crippen molar-refractivity contribution in [3.8, 4) is 23.0 Å². The number of Topliss-reactive ketones (excluding diaryl/α,β-unsaturated/α-hetero) is 1. The standard InChI is InChI=1S/C38H48O11/c1-22(2)9-7-10-23(3)11-8-12-24(4)17-34(40)46-21-33-35(41)36(42)37(43)38(49-33)47-26-14-15-27-28(39)20-30(48-31(27)19-26)25-13-16-29(44-5)32(18-25)45-6/h9,12-16,18-19,30,33,35-38,41-43H,3,7-8,10-11,17,20-21H2,1-2,4-6H3/b24-12+/t30-,33-,35-,36+,37-,38-/m1/s1. The number of methoxy groups -OCH3 is 2. The maximum absolute atomic E-state index is 13.0. The van der Waals surface area contributed by atoms with E-state index in [2.05, 4.69) is 26.5 Å². The largest absolute Gasteiger partial charge is 0.493 e. The Balaban J connectivity index is 1.33. The van der Waals surface area contributed by atoms with Crippen molar-refractivity contribution in [3.05, 3.63) is 83.0 Å². The van der Waals surface area contributed by atoms with Crippen LogP contribution >= 0.6 is 0 Å². The van der Waals surface area contributed by atoms with Crippen LogP contribution in [0.15, 0.2) is 71.8 Å². The molecule has 2 aliphatic heterocycles. The minimum atomic E-state index is -1.64. The molecular weight excluding hydrogens is 632 g/mol. The lowest BCUT2D eigenvalue weighted by molar-refractivity contribution is -0.278. The van der Waals surface area contributed by atoms with E-state index in [0.717, 1.165) is 36.8 Å². The fourth-order valence-electron chi connectivity index (χ4n) is 5.64. The Bertz CT molecular complexity index is 1540. The van der Waals surface area contributed by atoms with Crippen LogP contribution in [0.3, 0.4) is 0 Å².